The van der Waals surface area contributed by atoms with Gasteiger partial charge in [-0.15, -0.1) is 11.3 Å². The molecule has 1 aromatic carbocycles. The first kappa shape index (κ1) is 18.3. The summed E-state index contributed by atoms with van der Waals surface area (Å²) in [5.41, 5.74) is 2.48. The van der Waals surface area contributed by atoms with Crippen LogP contribution in [0.15, 0.2) is 39.9 Å². The molecule has 0 fully saturated rings. The fourth-order valence-corrected chi connectivity index (χ4v) is 5.12. The molecule has 3 aromatic rings. The molecule has 0 spiro atoms. The molecular formula is C16H15Cl2N3O2S2. The number of aryl methyl sites for hydroxylation is 1. The molecule has 0 aliphatic rings. The van der Waals surface area contributed by atoms with Crippen LogP contribution in [0.25, 0.3) is 0 Å². The van der Waals surface area contributed by atoms with Crippen molar-refractivity contribution in [2.75, 3.05) is 4.72 Å². The molecule has 3 rings (SSSR count). The van der Waals surface area contributed by atoms with E-state index in [0.29, 0.717) is 33.7 Å². The Kier molecular flexibility index (Phi) is 5.11. The Labute approximate surface area is 160 Å². The summed E-state index contributed by atoms with van der Waals surface area (Å²) in [6.45, 7) is 3.91. The zero-order chi connectivity index (χ0) is 18.2. The quantitative estimate of drug-likeness (QED) is 0.655. The maximum absolute atomic E-state index is 12.5. The molecule has 0 unspecified atom stereocenters. The van der Waals surface area contributed by atoms with E-state index in [1.54, 1.807) is 54.2 Å². The summed E-state index contributed by atoms with van der Waals surface area (Å²) in [6, 6.07) is 8.55. The Morgan fingerprint density at radius 2 is 1.84 bits per heavy atom. The normalized spacial score (nSPS) is 11.7. The third-order valence-corrected chi connectivity index (χ3v) is 7.20. The topological polar surface area (TPSA) is 64.0 Å². The lowest BCUT2D eigenvalue weighted by Gasteiger charge is -2.10. The van der Waals surface area contributed by atoms with Gasteiger partial charge in [0.25, 0.3) is 10.0 Å². The van der Waals surface area contributed by atoms with Gasteiger partial charge >= 0.3 is 0 Å². The van der Waals surface area contributed by atoms with E-state index in [9.17, 15) is 8.42 Å². The van der Waals surface area contributed by atoms with Crippen LogP contribution in [0.4, 0.5) is 5.69 Å². The summed E-state index contributed by atoms with van der Waals surface area (Å²) in [7, 11) is -3.63. The smallest absolute Gasteiger partial charge is 0.271 e. The van der Waals surface area contributed by atoms with Gasteiger partial charge in [0.15, 0.2) is 0 Å². The average Bonchev–Trinajstić information content (AvgIpc) is 3.16. The number of thiophene rings is 1. The highest BCUT2D eigenvalue weighted by Gasteiger charge is 2.21. The monoisotopic (exact) mass is 415 g/mol. The Morgan fingerprint density at radius 3 is 2.44 bits per heavy atom. The number of nitrogens with zero attached hydrogens (tertiary/aromatic N) is 2. The van der Waals surface area contributed by atoms with Crippen molar-refractivity contribution in [1.29, 1.82) is 0 Å². The summed E-state index contributed by atoms with van der Waals surface area (Å²) in [4.78, 5) is 0. The number of rotatable bonds is 5. The second-order valence-electron chi connectivity index (χ2n) is 5.44. The molecule has 2 heterocycles. The fourth-order valence-electron chi connectivity index (χ4n) is 2.43. The molecule has 132 valence electrons. The van der Waals surface area contributed by atoms with Crippen LogP contribution in [-0.2, 0) is 16.6 Å². The zero-order valence-corrected chi connectivity index (χ0v) is 16.6. The second kappa shape index (κ2) is 6.99. The Bertz CT molecular complexity index is 992. The average molecular weight is 416 g/mol. The van der Waals surface area contributed by atoms with E-state index >= 15 is 0 Å². The Morgan fingerprint density at radius 1 is 1.16 bits per heavy atom. The van der Waals surface area contributed by atoms with Crippen LogP contribution in [0.3, 0.4) is 0 Å². The number of aromatic nitrogens is 2. The molecule has 2 aromatic heterocycles. The first-order chi connectivity index (χ1) is 11.8. The standard InChI is InChI=1S/C16H15Cl2N3O2S2/c1-10-16(20-25(22,23)15-7-4-8-24-15)11(2)21(19-10)9-12-13(17)5-3-6-14(12)18/h3-8,20H,9H2,1-2H3. The molecule has 9 heteroatoms. The summed E-state index contributed by atoms with van der Waals surface area (Å²) < 4.78 is 29.5. The van der Waals surface area contributed by atoms with E-state index in [2.05, 4.69) is 9.82 Å². The lowest BCUT2D eigenvalue weighted by molar-refractivity contribution is 0.603. The highest BCUT2D eigenvalue weighted by Crippen LogP contribution is 2.29. The number of benzene rings is 1. The van der Waals surface area contributed by atoms with Crippen LogP contribution in [0.2, 0.25) is 10.0 Å². The second-order valence-corrected chi connectivity index (χ2v) is 9.11. The van der Waals surface area contributed by atoms with Gasteiger partial charge in [0, 0.05) is 15.6 Å². The molecule has 0 saturated carbocycles. The molecule has 0 aliphatic carbocycles. The molecule has 5 nitrogen and oxygen atoms in total. The molecular weight excluding hydrogens is 401 g/mol. The van der Waals surface area contributed by atoms with Crippen LogP contribution in [-0.4, -0.2) is 18.2 Å². The minimum atomic E-state index is -3.63. The maximum atomic E-state index is 12.5. The van der Waals surface area contributed by atoms with Gasteiger partial charge < -0.3 is 0 Å². The summed E-state index contributed by atoms with van der Waals surface area (Å²) in [5.74, 6) is 0. The fraction of sp³-hybridized carbons (Fsp3) is 0.188. The minimum absolute atomic E-state index is 0.258. The number of hydrogen-bond donors (Lipinski definition) is 1. The van der Waals surface area contributed by atoms with Crippen molar-refractivity contribution < 1.29 is 8.42 Å². The molecule has 0 aliphatic heterocycles. The van der Waals surface area contributed by atoms with Crippen molar-refractivity contribution in [2.45, 2.75) is 24.6 Å². The van der Waals surface area contributed by atoms with Gasteiger partial charge in [0.1, 0.15) is 4.21 Å². The van der Waals surface area contributed by atoms with Crippen LogP contribution < -0.4 is 4.72 Å². The van der Waals surface area contributed by atoms with Crippen molar-refractivity contribution in [2.24, 2.45) is 0 Å². The van der Waals surface area contributed by atoms with E-state index in [1.165, 1.54) is 0 Å². The predicted molar refractivity (Wildman–Crippen MR) is 102 cm³/mol. The summed E-state index contributed by atoms with van der Waals surface area (Å²) in [6.07, 6.45) is 0. The Hall–Kier alpha value is -1.54. The molecule has 0 radical (unpaired) electrons. The third kappa shape index (κ3) is 3.69. The summed E-state index contributed by atoms with van der Waals surface area (Å²) in [5, 5.41) is 7.23. The van der Waals surface area contributed by atoms with Crippen molar-refractivity contribution in [3.63, 3.8) is 0 Å². The van der Waals surface area contributed by atoms with E-state index in [4.69, 9.17) is 23.2 Å². The molecule has 0 bridgehead atoms. The SMILES string of the molecule is Cc1nn(Cc2c(Cl)cccc2Cl)c(C)c1NS(=O)(=O)c1cccs1. The van der Waals surface area contributed by atoms with Crippen LogP contribution >= 0.6 is 34.5 Å². The van der Waals surface area contributed by atoms with Gasteiger partial charge in [-0.3, -0.25) is 9.40 Å². The van der Waals surface area contributed by atoms with Crippen LogP contribution in [0, 0.1) is 13.8 Å². The predicted octanol–water partition coefficient (Wildman–Crippen LogP) is 4.72. The summed E-state index contributed by atoms with van der Waals surface area (Å²) >= 11 is 13.6. The van der Waals surface area contributed by atoms with Crippen molar-refractivity contribution in [3.8, 4) is 0 Å². The molecule has 0 saturated heterocycles. The number of sulfonamides is 1. The van der Waals surface area contributed by atoms with Gasteiger partial charge in [0.2, 0.25) is 0 Å². The van der Waals surface area contributed by atoms with Gasteiger partial charge in [-0.2, -0.15) is 5.10 Å². The van der Waals surface area contributed by atoms with Crippen LogP contribution in [0.1, 0.15) is 17.0 Å². The van der Waals surface area contributed by atoms with Gasteiger partial charge in [-0.1, -0.05) is 35.3 Å². The highest BCUT2D eigenvalue weighted by molar-refractivity contribution is 7.94. The maximum Gasteiger partial charge on any atom is 0.271 e. The van der Waals surface area contributed by atoms with E-state index in [0.717, 1.165) is 16.9 Å². The molecule has 25 heavy (non-hydrogen) atoms. The number of hydrogen-bond acceptors (Lipinski definition) is 4. The molecule has 0 atom stereocenters. The van der Waals surface area contributed by atoms with Crippen molar-refractivity contribution in [1.82, 2.24) is 9.78 Å². The zero-order valence-electron chi connectivity index (χ0n) is 13.5. The molecule has 0 amide bonds. The number of anilines is 1. The van der Waals surface area contributed by atoms with Crippen molar-refractivity contribution in [3.05, 3.63) is 62.7 Å². The Balaban J connectivity index is 1.94. The first-order valence-corrected chi connectivity index (χ1v) is 10.4. The lowest BCUT2D eigenvalue weighted by atomic mass is 10.2. The van der Waals surface area contributed by atoms with E-state index < -0.39 is 10.0 Å². The van der Waals surface area contributed by atoms with Crippen LogP contribution in [0.5, 0.6) is 0 Å². The van der Waals surface area contributed by atoms with Crippen molar-refractivity contribution >= 4 is 50.2 Å². The lowest BCUT2D eigenvalue weighted by Crippen LogP contribution is -2.13. The van der Waals surface area contributed by atoms with E-state index in [1.807, 2.05) is 0 Å². The third-order valence-electron chi connectivity index (χ3n) is 3.75. The van der Waals surface area contributed by atoms with E-state index in [-0.39, 0.29) is 4.21 Å². The molecule has 1 N–H and O–H groups in total. The van der Waals surface area contributed by atoms with Gasteiger partial charge in [0.05, 0.1) is 23.6 Å². The minimum Gasteiger partial charge on any atom is -0.275 e. The van der Waals surface area contributed by atoms with Gasteiger partial charge in [-0.05, 0) is 37.4 Å². The number of nitrogens with one attached hydrogen (secondary N) is 1. The van der Waals surface area contributed by atoms with Gasteiger partial charge in [-0.25, -0.2) is 8.42 Å². The first-order valence-electron chi connectivity index (χ1n) is 7.33. The highest BCUT2D eigenvalue weighted by atomic mass is 35.5. The largest absolute Gasteiger partial charge is 0.275 e. The number of halogens is 2.